The number of fused-ring (bicyclic) bond motifs is 1. The monoisotopic (exact) mass is 369 g/mol. The topological polar surface area (TPSA) is 75.0 Å². The van der Waals surface area contributed by atoms with Crippen LogP contribution in [0.4, 0.5) is 0 Å². The third-order valence-electron chi connectivity index (χ3n) is 5.04. The lowest BCUT2D eigenvalue weighted by Gasteiger charge is -2.34. The van der Waals surface area contributed by atoms with Crippen molar-refractivity contribution in [1.82, 2.24) is 15.1 Å². The zero-order valence-corrected chi connectivity index (χ0v) is 15.1. The molecule has 1 aromatic carbocycles. The maximum Gasteiger partial charge on any atom is 0.257 e. The van der Waals surface area contributed by atoms with Crippen molar-refractivity contribution in [2.24, 2.45) is 0 Å². The van der Waals surface area contributed by atoms with E-state index in [-0.39, 0.29) is 17.9 Å². The van der Waals surface area contributed by atoms with Crippen LogP contribution in [0, 0.1) is 0 Å². The van der Waals surface area contributed by atoms with Crippen LogP contribution in [0.25, 0.3) is 0 Å². The molecule has 3 heterocycles. The largest absolute Gasteiger partial charge is 0.488 e. The minimum Gasteiger partial charge on any atom is -0.488 e. The van der Waals surface area contributed by atoms with Crippen LogP contribution in [0.5, 0.6) is 5.75 Å². The number of furan rings is 1. The number of benzene rings is 1. The number of amides is 2. The number of nitrogens with one attached hydrogen (secondary N) is 1. The number of hydrogen-bond acceptors (Lipinski definition) is 5. The molecule has 7 heteroatoms. The Hall–Kier alpha value is -2.80. The summed E-state index contributed by atoms with van der Waals surface area (Å²) in [4.78, 5) is 28.4. The van der Waals surface area contributed by atoms with Gasteiger partial charge in [-0.15, -0.1) is 0 Å². The highest BCUT2D eigenvalue weighted by molar-refractivity contribution is 5.93. The van der Waals surface area contributed by atoms with Gasteiger partial charge >= 0.3 is 0 Å². The summed E-state index contributed by atoms with van der Waals surface area (Å²) in [5, 5.41) is 2.96. The van der Waals surface area contributed by atoms with Crippen LogP contribution >= 0.6 is 0 Å². The molecule has 1 atom stereocenters. The Morgan fingerprint density at radius 2 is 1.93 bits per heavy atom. The molecule has 0 bridgehead atoms. The number of piperazine rings is 1. The lowest BCUT2D eigenvalue weighted by atomic mass is 10.1. The van der Waals surface area contributed by atoms with E-state index in [1.807, 2.05) is 18.2 Å². The van der Waals surface area contributed by atoms with Gasteiger partial charge in [-0.2, -0.15) is 0 Å². The van der Waals surface area contributed by atoms with E-state index in [2.05, 4.69) is 16.3 Å². The maximum absolute atomic E-state index is 12.3. The van der Waals surface area contributed by atoms with E-state index in [0.29, 0.717) is 44.8 Å². The lowest BCUT2D eigenvalue weighted by Crippen LogP contribution is -2.51. The van der Waals surface area contributed by atoms with Gasteiger partial charge < -0.3 is 19.4 Å². The minimum atomic E-state index is -0.0224. The van der Waals surface area contributed by atoms with Gasteiger partial charge in [-0.1, -0.05) is 18.2 Å². The number of carbonyl (C=O) groups excluding carboxylic acids is 2. The molecular weight excluding hydrogens is 346 g/mol. The Morgan fingerprint density at radius 1 is 1.11 bits per heavy atom. The molecule has 0 saturated carbocycles. The second-order valence-electron chi connectivity index (χ2n) is 6.94. The van der Waals surface area contributed by atoms with E-state index < -0.39 is 0 Å². The van der Waals surface area contributed by atoms with Gasteiger partial charge in [0.2, 0.25) is 5.91 Å². The van der Waals surface area contributed by atoms with Crippen molar-refractivity contribution in [2.45, 2.75) is 12.5 Å². The van der Waals surface area contributed by atoms with Crippen LogP contribution in [0.3, 0.4) is 0 Å². The fourth-order valence-corrected chi connectivity index (χ4v) is 3.53. The van der Waals surface area contributed by atoms with Crippen molar-refractivity contribution < 1.29 is 18.7 Å². The fourth-order valence-electron chi connectivity index (χ4n) is 3.53. The first-order valence-corrected chi connectivity index (χ1v) is 9.24. The first-order chi connectivity index (χ1) is 13.2. The van der Waals surface area contributed by atoms with Crippen molar-refractivity contribution in [3.63, 3.8) is 0 Å². The van der Waals surface area contributed by atoms with Crippen LogP contribution in [0.15, 0.2) is 47.3 Å². The van der Waals surface area contributed by atoms with Crippen molar-refractivity contribution in [3.8, 4) is 5.75 Å². The van der Waals surface area contributed by atoms with Crippen LogP contribution in [-0.2, 0) is 11.2 Å². The molecule has 0 spiro atoms. The van der Waals surface area contributed by atoms with Gasteiger partial charge in [0.05, 0.1) is 24.9 Å². The quantitative estimate of drug-likeness (QED) is 0.856. The average Bonchev–Trinajstić information content (AvgIpc) is 3.36. The normalized spacial score (nSPS) is 19.4. The van der Waals surface area contributed by atoms with Crippen molar-refractivity contribution >= 4 is 11.8 Å². The molecule has 1 fully saturated rings. The highest BCUT2D eigenvalue weighted by Crippen LogP contribution is 2.27. The first kappa shape index (κ1) is 17.6. The first-order valence-electron chi connectivity index (χ1n) is 9.24. The molecule has 1 N–H and O–H groups in total. The number of ether oxygens (including phenoxy) is 1. The van der Waals surface area contributed by atoms with E-state index in [1.165, 1.54) is 18.1 Å². The molecule has 2 aliphatic heterocycles. The molecule has 2 aliphatic rings. The van der Waals surface area contributed by atoms with E-state index >= 15 is 0 Å². The average molecular weight is 369 g/mol. The van der Waals surface area contributed by atoms with Crippen LogP contribution in [0.1, 0.15) is 15.9 Å². The lowest BCUT2D eigenvalue weighted by molar-refractivity contribution is -0.122. The number of para-hydroxylation sites is 1. The summed E-state index contributed by atoms with van der Waals surface area (Å²) in [5.74, 6) is 0.880. The SMILES string of the molecule is O=C(CN1CCN(C(=O)c2ccoc2)CC1)NCC1Cc2ccccc2O1. The number of nitrogens with zero attached hydrogens (tertiary/aromatic N) is 2. The molecule has 4 rings (SSSR count). The van der Waals surface area contributed by atoms with E-state index in [0.717, 1.165) is 12.2 Å². The van der Waals surface area contributed by atoms with Gasteiger partial charge in [0, 0.05) is 32.6 Å². The van der Waals surface area contributed by atoms with Crippen LogP contribution in [-0.4, -0.2) is 67.0 Å². The summed E-state index contributed by atoms with van der Waals surface area (Å²) in [6.45, 7) is 3.43. The minimum absolute atomic E-state index is 0.00391. The Kier molecular flexibility index (Phi) is 5.11. The summed E-state index contributed by atoms with van der Waals surface area (Å²) < 4.78 is 10.8. The Morgan fingerprint density at radius 3 is 2.67 bits per heavy atom. The van der Waals surface area contributed by atoms with Gasteiger partial charge in [0.1, 0.15) is 18.1 Å². The number of carbonyl (C=O) groups is 2. The predicted molar refractivity (Wildman–Crippen MR) is 98.6 cm³/mol. The standard InChI is InChI=1S/C20H23N3O4/c24-19(21-12-17-11-15-3-1-2-4-18(15)27-17)13-22-6-8-23(9-7-22)20(25)16-5-10-26-14-16/h1-5,10,14,17H,6-9,11-13H2,(H,21,24). The molecule has 1 unspecified atom stereocenters. The zero-order chi connectivity index (χ0) is 18.6. The van der Waals surface area contributed by atoms with Crippen LogP contribution < -0.4 is 10.1 Å². The molecule has 1 saturated heterocycles. The molecule has 2 aromatic rings. The summed E-state index contributed by atoms with van der Waals surface area (Å²) in [7, 11) is 0. The Bertz CT molecular complexity index is 772. The molecule has 0 aliphatic carbocycles. The van der Waals surface area contributed by atoms with E-state index in [4.69, 9.17) is 9.15 Å². The second kappa shape index (κ2) is 7.84. The van der Waals surface area contributed by atoms with Gasteiger partial charge in [0.15, 0.2) is 0 Å². The molecule has 2 amide bonds. The molecule has 142 valence electrons. The van der Waals surface area contributed by atoms with Crippen molar-refractivity contribution in [3.05, 3.63) is 54.0 Å². The van der Waals surface area contributed by atoms with Gasteiger partial charge in [0.25, 0.3) is 5.91 Å². The highest BCUT2D eigenvalue weighted by Gasteiger charge is 2.25. The summed E-state index contributed by atoms with van der Waals surface area (Å²) in [6.07, 6.45) is 3.78. The smallest absolute Gasteiger partial charge is 0.257 e. The summed E-state index contributed by atoms with van der Waals surface area (Å²) in [6, 6.07) is 9.64. The zero-order valence-electron chi connectivity index (χ0n) is 15.1. The predicted octanol–water partition coefficient (Wildman–Crippen LogP) is 1.16. The summed E-state index contributed by atoms with van der Waals surface area (Å²) in [5.41, 5.74) is 1.76. The van der Waals surface area contributed by atoms with E-state index in [1.54, 1.807) is 11.0 Å². The third kappa shape index (κ3) is 4.14. The Labute approximate surface area is 157 Å². The second-order valence-corrected chi connectivity index (χ2v) is 6.94. The van der Waals surface area contributed by atoms with Crippen molar-refractivity contribution in [1.29, 1.82) is 0 Å². The maximum atomic E-state index is 12.3. The fraction of sp³-hybridized carbons (Fsp3) is 0.400. The highest BCUT2D eigenvalue weighted by atomic mass is 16.5. The van der Waals surface area contributed by atoms with Gasteiger partial charge in [-0.05, 0) is 17.7 Å². The number of hydrogen-bond donors (Lipinski definition) is 1. The molecule has 0 radical (unpaired) electrons. The van der Waals surface area contributed by atoms with Gasteiger partial charge in [-0.3, -0.25) is 14.5 Å². The van der Waals surface area contributed by atoms with Crippen LogP contribution in [0.2, 0.25) is 0 Å². The van der Waals surface area contributed by atoms with E-state index in [9.17, 15) is 9.59 Å². The molecular formula is C20H23N3O4. The summed E-state index contributed by atoms with van der Waals surface area (Å²) >= 11 is 0. The Balaban J connectivity index is 1.17. The van der Waals surface area contributed by atoms with Gasteiger partial charge in [-0.25, -0.2) is 0 Å². The molecule has 1 aromatic heterocycles. The molecule has 7 nitrogen and oxygen atoms in total. The number of rotatable bonds is 5. The van der Waals surface area contributed by atoms with Crippen molar-refractivity contribution in [2.75, 3.05) is 39.3 Å². The molecule has 27 heavy (non-hydrogen) atoms. The third-order valence-corrected chi connectivity index (χ3v) is 5.04.